The van der Waals surface area contributed by atoms with Crippen molar-refractivity contribution in [3.05, 3.63) is 88.0 Å². The van der Waals surface area contributed by atoms with Crippen LogP contribution in [0.3, 0.4) is 0 Å². The van der Waals surface area contributed by atoms with Crippen LogP contribution >= 0.6 is 11.3 Å². The molecular weight excluding hydrogens is 444 g/mol. The van der Waals surface area contributed by atoms with Crippen molar-refractivity contribution in [1.29, 1.82) is 0 Å². The second-order valence-electron chi connectivity index (χ2n) is 6.77. The number of methoxy groups -OCH3 is 2. The third-order valence-corrected chi connectivity index (χ3v) is 5.69. The Hall–Kier alpha value is -4.31. The maximum absolute atomic E-state index is 13.4. The van der Waals surface area contributed by atoms with Gasteiger partial charge in [0.05, 0.1) is 35.6 Å². The van der Waals surface area contributed by atoms with E-state index < -0.39 is 10.8 Å². The lowest BCUT2D eigenvalue weighted by molar-refractivity contribution is -0.384. The zero-order valence-corrected chi connectivity index (χ0v) is 18.5. The van der Waals surface area contributed by atoms with E-state index in [-0.39, 0.29) is 11.3 Å². The van der Waals surface area contributed by atoms with E-state index in [2.05, 4.69) is 10.1 Å². The molecular formula is C23H18N4O5S. The topological polar surface area (TPSA) is 107 Å². The normalized spacial score (nSPS) is 11.0. The maximum atomic E-state index is 13.4. The van der Waals surface area contributed by atoms with Crippen molar-refractivity contribution in [2.75, 3.05) is 19.2 Å². The molecule has 33 heavy (non-hydrogen) atoms. The predicted octanol–water partition coefficient (Wildman–Crippen LogP) is 4.90. The summed E-state index contributed by atoms with van der Waals surface area (Å²) in [4.78, 5) is 28.5. The Morgan fingerprint density at radius 2 is 1.79 bits per heavy atom. The summed E-state index contributed by atoms with van der Waals surface area (Å²) in [6.07, 6.45) is 1.52. The molecule has 0 bridgehead atoms. The van der Waals surface area contributed by atoms with E-state index in [1.807, 2.05) is 6.07 Å². The van der Waals surface area contributed by atoms with Gasteiger partial charge < -0.3 is 9.47 Å². The monoisotopic (exact) mass is 462 g/mol. The predicted molar refractivity (Wildman–Crippen MR) is 127 cm³/mol. The van der Waals surface area contributed by atoms with Crippen LogP contribution in [0.15, 0.2) is 71.8 Å². The summed E-state index contributed by atoms with van der Waals surface area (Å²) in [5, 5.41) is 17.0. The number of hydrogen-bond donors (Lipinski definition) is 0. The number of amides is 1. The number of carbonyl (C=O) groups excluding carboxylic acids is 1. The van der Waals surface area contributed by atoms with Gasteiger partial charge in [0.15, 0.2) is 0 Å². The molecule has 0 saturated carbocycles. The molecule has 166 valence electrons. The van der Waals surface area contributed by atoms with Crippen LogP contribution in [-0.4, -0.2) is 36.2 Å². The third kappa shape index (κ3) is 4.80. The van der Waals surface area contributed by atoms with Gasteiger partial charge in [-0.15, -0.1) is 0 Å². The van der Waals surface area contributed by atoms with Crippen molar-refractivity contribution in [3.63, 3.8) is 0 Å². The first-order valence-corrected chi connectivity index (χ1v) is 10.5. The lowest BCUT2D eigenvalue weighted by Crippen LogP contribution is -2.25. The maximum Gasteiger partial charge on any atom is 0.281 e. The van der Waals surface area contributed by atoms with Crippen LogP contribution in [0.1, 0.15) is 15.9 Å². The number of nitrogens with zero attached hydrogens (tertiary/aromatic N) is 4. The SMILES string of the molecule is COc1ccc(/C=N/N(C(=O)c2cccc([N+](=O)[O-])c2)c2nc3ccc(OC)cc3s2)cc1. The van der Waals surface area contributed by atoms with Crippen LogP contribution in [0.2, 0.25) is 0 Å². The molecule has 0 radical (unpaired) electrons. The van der Waals surface area contributed by atoms with Crippen LogP contribution in [0.4, 0.5) is 10.8 Å². The van der Waals surface area contributed by atoms with E-state index in [1.54, 1.807) is 50.6 Å². The highest BCUT2D eigenvalue weighted by molar-refractivity contribution is 7.22. The Balaban J connectivity index is 1.75. The number of anilines is 1. The number of non-ortho nitro benzene ring substituents is 1. The molecule has 0 spiro atoms. The standard InChI is InChI=1S/C23H18N4O5S/c1-31-18-8-6-15(7-9-18)14-24-26(22(28)16-4-3-5-17(12-16)27(29)30)23-25-20-11-10-19(32-2)13-21(20)33-23/h3-14H,1-2H3/b24-14+. The molecule has 4 aromatic rings. The molecule has 0 aliphatic carbocycles. The summed E-state index contributed by atoms with van der Waals surface area (Å²) in [7, 11) is 3.14. The van der Waals surface area contributed by atoms with E-state index in [1.165, 1.54) is 41.8 Å². The number of thiazole rings is 1. The summed E-state index contributed by atoms with van der Waals surface area (Å²) >= 11 is 1.26. The van der Waals surface area contributed by atoms with Crippen LogP contribution in [0.25, 0.3) is 10.2 Å². The van der Waals surface area contributed by atoms with Gasteiger partial charge in [0.25, 0.3) is 11.6 Å². The highest BCUT2D eigenvalue weighted by atomic mass is 32.1. The number of benzene rings is 3. The fourth-order valence-corrected chi connectivity index (χ4v) is 3.94. The highest BCUT2D eigenvalue weighted by Crippen LogP contribution is 2.32. The second-order valence-corrected chi connectivity index (χ2v) is 7.78. The number of nitro groups is 1. The average molecular weight is 462 g/mol. The molecule has 1 aromatic heterocycles. The van der Waals surface area contributed by atoms with E-state index in [9.17, 15) is 14.9 Å². The molecule has 9 nitrogen and oxygen atoms in total. The molecule has 3 aromatic carbocycles. The Labute approximate surface area is 192 Å². The molecule has 1 amide bonds. The van der Waals surface area contributed by atoms with Crippen molar-refractivity contribution in [3.8, 4) is 11.5 Å². The van der Waals surface area contributed by atoms with E-state index in [0.717, 1.165) is 15.3 Å². The Kier molecular flexibility index (Phi) is 6.27. The number of ether oxygens (including phenoxy) is 2. The van der Waals surface area contributed by atoms with Crippen LogP contribution < -0.4 is 14.5 Å². The number of aromatic nitrogens is 1. The Bertz CT molecular complexity index is 1350. The lowest BCUT2D eigenvalue weighted by atomic mass is 10.2. The van der Waals surface area contributed by atoms with Gasteiger partial charge in [-0.05, 0) is 54.1 Å². The molecule has 10 heteroatoms. The molecule has 4 rings (SSSR count). The van der Waals surface area contributed by atoms with E-state index in [0.29, 0.717) is 22.1 Å². The molecule has 0 aliphatic heterocycles. The van der Waals surface area contributed by atoms with Gasteiger partial charge in [0, 0.05) is 17.7 Å². The van der Waals surface area contributed by atoms with E-state index in [4.69, 9.17) is 9.47 Å². The largest absolute Gasteiger partial charge is 0.497 e. The minimum atomic E-state index is -0.550. The summed E-state index contributed by atoms with van der Waals surface area (Å²) in [6.45, 7) is 0. The zero-order chi connectivity index (χ0) is 23.4. The number of fused-ring (bicyclic) bond motifs is 1. The minimum Gasteiger partial charge on any atom is -0.497 e. The smallest absolute Gasteiger partial charge is 0.281 e. The number of hydrogen-bond acceptors (Lipinski definition) is 8. The van der Waals surface area contributed by atoms with Crippen molar-refractivity contribution in [2.24, 2.45) is 5.10 Å². The molecule has 0 fully saturated rings. The first kappa shape index (κ1) is 21.9. The molecule has 0 unspecified atom stereocenters. The molecule has 0 atom stereocenters. The van der Waals surface area contributed by atoms with Crippen LogP contribution in [0, 0.1) is 10.1 Å². The lowest BCUT2D eigenvalue weighted by Gasteiger charge is -2.13. The number of carbonyl (C=O) groups is 1. The third-order valence-electron chi connectivity index (χ3n) is 4.70. The van der Waals surface area contributed by atoms with Crippen molar-refractivity contribution in [2.45, 2.75) is 0 Å². The highest BCUT2D eigenvalue weighted by Gasteiger charge is 2.23. The van der Waals surface area contributed by atoms with Gasteiger partial charge in [-0.2, -0.15) is 10.1 Å². The van der Waals surface area contributed by atoms with E-state index >= 15 is 0 Å². The Morgan fingerprint density at radius 3 is 2.48 bits per heavy atom. The number of rotatable bonds is 7. The summed E-state index contributed by atoms with van der Waals surface area (Å²) < 4.78 is 11.2. The van der Waals surface area contributed by atoms with Gasteiger partial charge in [0.1, 0.15) is 11.5 Å². The van der Waals surface area contributed by atoms with Crippen molar-refractivity contribution in [1.82, 2.24) is 4.98 Å². The fourth-order valence-electron chi connectivity index (χ4n) is 2.99. The van der Waals surface area contributed by atoms with Gasteiger partial charge >= 0.3 is 0 Å². The van der Waals surface area contributed by atoms with Crippen molar-refractivity contribution >= 4 is 44.5 Å². The van der Waals surface area contributed by atoms with Gasteiger partial charge in [-0.1, -0.05) is 17.4 Å². The number of nitro benzene ring substituents is 1. The number of hydrazone groups is 1. The average Bonchev–Trinajstić information content (AvgIpc) is 3.27. The summed E-state index contributed by atoms with van der Waals surface area (Å²) in [5.41, 5.74) is 1.34. The first-order valence-electron chi connectivity index (χ1n) is 9.70. The molecule has 0 saturated heterocycles. The van der Waals surface area contributed by atoms with Crippen molar-refractivity contribution < 1.29 is 19.2 Å². The van der Waals surface area contributed by atoms with Gasteiger partial charge in [0.2, 0.25) is 5.13 Å². The van der Waals surface area contributed by atoms with Crippen LogP contribution in [-0.2, 0) is 0 Å². The summed E-state index contributed by atoms with van der Waals surface area (Å²) in [5.74, 6) is 0.808. The quantitative estimate of drug-likeness (QED) is 0.220. The Morgan fingerprint density at radius 1 is 1.06 bits per heavy atom. The second kappa shape index (κ2) is 9.45. The first-order chi connectivity index (χ1) is 16.0. The minimum absolute atomic E-state index is 0.118. The molecule has 0 N–H and O–H groups in total. The van der Waals surface area contributed by atoms with Crippen LogP contribution in [0.5, 0.6) is 11.5 Å². The zero-order valence-electron chi connectivity index (χ0n) is 17.7. The fraction of sp³-hybridized carbons (Fsp3) is 0.0870. The van der Waals surface area contributed by atoms with Gasteiger partial charge in [-0.3, -0.25) is 14.9 Å². The van der Waals surface area contributed by atoms with Gasteiger partial charge in [-0.25, -0.2) is 4.98 Å². The molecule has 1 heterocycles. The summed E-state index contributed by atoms with van der Waals surface area (Å²) in [6, 6.07) is 18.0. The molecule has 0 aliphatic rings.